The average Bonchev–Trinajstić information content (AvgIpc) is 3.07. The summed E-state index contributed by atoms with van der Waals surface area (Å²) in [4.78, 5) is 15.9. The number of hydrogen-bond donors (Lipinski definition) is 2. The number of hydrogen-bond acceptors (Lipinski definition) is 3. The van der Waals surface area contributed by atoms with E-state index in [1.54, 1.807) is 0 Å². The van der Waals surface area contributed by atoms with Crippen molar-refractivity contribution in [3.05, 3.63) is 29.8 Å². The minimum atomic E-state index is 0.147. The third-order valence-electron chi connectivity index (χ3n) is 3.05. The lowest BCUT2D eigenvalue weighted by Gasteiger charge is -2.06. The predicted octanol–water partition coefficient (Wildman–Crippen LogP) is 1.38. The number of carbonyl (C=O) groups is 1. The van der Waals surface area contributed by atoms with Crippen molar-refractivity contribution >= 4 is 17.4 Å². The van der Waals surface area contributed by atoms with E-state index in [4.69, 9.17) is 0 Å². The van der Waals surface area contributed by atoms with E-state index in [0.717, 1.165) is 43.0 Å². The standard InChI is InChI=1S/C13H15N3O/c17-13(10-1-2-10)16-11-5-3-9(4-6-11)12-14-7-8-15-12/h3-6,10H,1-2,7-8H2,(H,14,15)(H,16,17). The van der Waals surface area contributed by atoms with Gasteiger partial charge in [0.25, 0.3) is 0 Å². The number of benzene rings is 1. The zero-order valence-corrected chi connectivity index (χ0v) is 9.57. The van der Waals surface area contributed by atoms with Crippen LogP contribution in [0.4, 0.5) is 5.69 Å². The number of aliphatic imine (C=N–C) groups is 1. The zero-order chi connectivity index (χ0) is 11.7. The molecular formula is C13H15N3O. The molecule has 0 aromatic heterocycles. The van der Waals surface area contributed by atoms with Gasteiger partial charge in [0.15, 0.2) is 0 Å². The molecule has 1 aliphatic carbocycles. The van der Waals surface area contributed by atoms with E-state index in [-0.39, 0.29) is 11.8 Å². The highest BCUT2D eigenvalue weighted by Crippen LogP contribution is 2.30. The first-order chi connectivity index (χ1) is 8.33. The number of amidine groups is 1. The Bertz CT molecular complexity index is 460. The van der Waals surface area contributed by atoms with E-state index in [2.05, 4.69) is 15.6 Å². The highest BCUT2D eigenvalue weighted by atomic mass is 16.2. The molecule has 0 saturated heterocycles. The molecule has 1 amide bonds. The highest BCUT2D eigenvalue weighted by Gasteiger charge is 2.29. The van der Waals surface area contributed by atoms with Gasteiger partial charge in [-0.3, -0.25) is 9.79 Å². The Labute approximate surface area is 100 Å². The summed E-state index contributed by atoms with van der Waals surface area (Å²) in [5.74, 6) is 1.34. The van der Waals surface area contributed by atoms with Gasteiger partial charge in [0.05, 0.1) is 6.54 Å². The largest absolute Gasteiger partial charge is 0.368 e. The van der Waals surface area contributed by atoms with E-state index in [9.17, 15) is 4.79 Å². The number of amides is 1. The van der Waals surface area contributed by atoms with Crippen LogP contribution in [0.2, 0.25) is 0 Å². The van der Waals surface area contributed by atoms with Gasteiger partial charge in [0.1, 0.15) is 5.84 Å². The summed E-state index contributed by atoms with van der Waals surface area (Å²) in [6, 6.07) is 7.83. The molecule has 2 aliphatic rings. The molecule has 0 bridgehead atoms. The molecule has 0 atom stereocenters. The molecular weight excluding hydrogens is 214 g/mol. The van der Waals surface area contributed by atoms with Gasteiger partial charge in [0, 0.05) is 23.7 Å². The second kappa shape index (κ2) is 4.20. The van der Waals surface area contributed by atoms with Crippen LogP contribution in [0.5, 0.6) is 0 Å². The Morgan fingerprint density at radius 1 is 1.29 bits per heavy atom. The van der Waals surface area contributed by atoms with Gasteiger partial charge < -0.3 is 10.6 Å². The van der Waals surface area contributed by atoms with Crippen LogP contribution >= 0.6 is 0 Å². The fraction of sp³-hybridized carbons (Fsp3) is 0.385. The average molecular weight is 229 g/mol. The SMILES string of the molecule is O=C(Nc1ccc(C2=NCCN2)cc1)C1CC1. The van der Waals surface area contributed by atoms with Crippen LogP contribution in [-0.4, -0.2) is 24.8 Å². The lowest BCUT2D eigenvalue weighted by molar-refractivity contribution is -0.117. The van der Waals surface area contributed by atoms with Crippen molar-refractivity contribution in [2.45, 2.75) is 12.8 Å². The lowest BCUT2D eigenvalue weighted by atomic mass is 10.2. The molecule has 1 heterocycles. The summed E-state index contributed by atoms with van der Waals surface area (Å²) in [6.07, 6.45) is 2.06. The maximum absolute atomic E-state index is 11.6. The fourth-order valence-electron chi connectivity index (χ4n) is 1.89. The molecule has 0 radical (unpaired) electrons. The first kappa shape index (κ1) is 10.3. The quantitative estimate of drug-likeness (QED) is 0.822. The van der Waals surface area contributed by atoms with Crippen LogP contribution in [0.1, 0.15) is 18.4 Å². The van der Waals surface area contributed by atoms with Crippen LogP contribution in [0.15, 0.2) is 29.3 Å². The van der Waals surface area contributed by atoms with Crippen molar-refractivity contribution in [2.24, 2.45) is 10.9 Å². The molecule has 4 heteroatoms. The van der Waals surface area contributed by atoms with E-state index < -0.39 is 0 Å². The third-order valence-corrected chi connectivity index (χ3v) is 3.05. The summed E-state index contributed by atoms with van der Waals surface area (Å²) in [7, 11) is 0. The van der Waals surface area contributed by atoms with Crippen molar-refractivity contribution in [3.63, 3.8) is 0 Å². The molecule has 88 valence electrons. The van der Waals surface area contributed by atoms with Gasteiger partial charge in [-0.1, -0.05) is 0 Å². The maximum atomic E-state index is 11.6. The molecule has 1 aliphatic heterocycles. The van der Waals surface area contributed by atoms with Crippen LogP contribution in [-0.2, 0) is 4.79 Å². The summed E-state index contributed by atoms with van der Waals surface area (Å²) in [5, 5.41) is 6.15. The number of anilines is 1. The van der Waals surface area contributed by atoms with Crippen molar-refractivity contribution in [3.8, 4) is 0 Å². The summed E-state index contributed by atoms with van der Waals surface area (Å²) < 4.78 is 0. The lowest BCUT2D eigenvalue weighted by Crippen LogP contribution is -2.19. The van der Waals surface area contributed by atoms with E-state index >= 15 is 0 Å². The molecule has 3 rings (SSSR count). The highest BCUT2D eigenvalue weighted by molar-refractivity contribution is 6.00. The van der Waals surface area contributed by atoms with Crippen LogP contribution < -0.4 is 10.6 Å². The van der Waals surface area contributed by atoms with Crippen LogP contribution in [0, 0.1) is 5.92 Å². The van der Waals surface area contributed by atoms with E-state index in [0.29, 0.717) is 0 Å². The molecule has 0 spiro atoms. The second-order valence-electron chi connectivity index (χ2n) is 4.50. The minimum Gasteiger partial charge on any atom is -0.368 e. The zero-order valence-electron chi connectivity index (χ0n) is 9.57. The Balaban J connectivity index is 1.68. The molecule has 2 N–H and O–H groups in total. The smallest absolute Gasteiger partial charge is 0.227 e. The number of nitrogens with zero attached hydrogens (tertiary/aromatic N) is 1. The van der Waals surface area contributed by atoms with E-state index in [1.165, 1.54) is 0 Å². The van der Waals surface area contributed by atoms with Gasteiger partial charge in [-0.2, -0.15) is 0 Å². The molecule has 1 aromatic carbocycles. The van der Waals surface area contributed by atoms with Gasteiger partial charge >= 0.3 is 0 Å². The van der Waals surface area contributed by atoms with Gasteiger partial charge in [0.2, 0.25) is 5.91 Å². The number of rotatable bonds is 3. The van der Waals surface area contributed by atoms with Crippen molar-refractivity contribution in [1.82, 2.24) is 5.32 Å². The first-order valence-electron chi connectivity index (χ1n) is 6.02. The Morgan fingerprint density at radius 3 is 2.65 bits per heavy atom. The fourth-order valence-corrected chi connectivity index (χ4v) is 1.89. The number of carbonyl (C=O) groups excluding carboxylic acids is 1. The normalized spacial score (nSPS) is 18.5. The Kier molecular flexibility index (Phi) is 2.55. The topological polar surface area (TPSA) is 53.5 Å². The third kappa shape index (κ3) is 2.30. The number of nitrogens with one attached hydrogen (secondary N) is 2. The summed E-state index contributed by atoms with van der Waals surface area (Å²) >= 11 is 0. The van der Waals surface area contributed by atoms with Gasteiger partial charge in [-0.05, 0) is 37.1 Å². The second-order valence-corrected chi connectivity index (χ2v) is 4.50. The Morgan fingerprint density at radius 2 is 2.06 bits per heavy atom. The molecule has 1 aromatic rings. The molecule has 1 saturated carbocycles. The van der Waals surface area contributed by atoms with E-state index in [1.807, 2.05) is 24.3 Å². The summed E-state index contributed by atoms with van der Waals surface area (Å²) in [5.41, 5.74) is 1.94. The van der Waals surface area contributed by atoms with Crippen molar-refractivity contribution in [2.75, 3.05) is 18.4 Å². The summed E-state index contributed by atoms with van der Waals surface area (Å²) in [6.45, 7) is 1.75. The van der Waals surface area contributed by atoms with Gasteiger partial charge in [-0.15, -0.1) is 0 Å². The van der Waals surface area contributed by atoms with Crippen LogP contribution in [0.25, 0.3) is 0 Å². The first-order valence-corrected chi connectivity index (χ1v) is 6.02. The molecule has 0 unspecified atom stereocenters. The molecule has 4 nitrogen and oxygen atoms in total. The molecule has 1 fully saturated rings. The monoisotopic (exact) mass is 229 g/mol. The van der Waals surface area contributed by atoms with Crippen LogP contribution in [0.3, 0.4) is 0 Å². The van der Waals surface area contributed by atoms with Crippen molar-refractivity contribution < 1.29 is 4.79 Å². The van der Waals surface area contributed by atoms with Crippen molar-refractivity contribution in [1.29, 1.82) is 0 Å². The predicted molar refractivity (Wildman–Crippen MR) is 67.2 cm³/mol. The molecule has 17 heavy (non-hydrogen) atoms. The maximum Gasteiger partial charge on any atom is 0.227 e. The van der Waals surface area contributed by atoms with Gasteiger partial charge in [-0.25, -0.2) is 0 Å². The Hall–Kier alpha value is -1.84. The minimum absolute atomic E-state index is 0.147.